The van der Waals surface area contributed by atoms with Crippen LogP contribution in [0.4, 0.5) is 0 Å². The number of likely N-dealkylation sites (N-methyl/N-ethyl adjacent to an activating group) is 2. The fourth-order valence-corrected chi connectivity index (χ4v) is 3.97. The topological polar surface area (TPSA) is 106 Å². The molecule has 1 N–H and O–H groups in total. The van der Waals surface area contributed by atoms with Gasteiger partial charge in [0.15, 0.2) is 0 Å². The van der Waals surface area contributed by atoms with Crippen LogP contribution in [0.1, 0.15) is 29.2 Å². The van der Waals surface area contributed by atoms with Gasteiger partial charge in [-0.2, -0.15) is 10.2 Å². The maximum absolute atomic E-state index is 12.1. The summed E-state index contributed by atoms with van der Waals surface area (Å²) >= 11 is 0. The standard InChI is InChI=1S/C23H23N5O3/c1-27(2)21(30)13-28(3)19-9-8-16-17(19)5-4-6-18(16)22-25-23(31-26-22)14-7-10-20(29)15(11-14)12-24/h4-7,10-11,19,29H,8-9,13H2,1-3H3. The first kappa shape index (κ1) is 20.6. The summed E-state index contributed by atoms with van der Waals surface area (Å²) in [4.78, 5) is 20.3. The van der Waals surface area contributed by atoms with Gasteiger partial charge in [0.2, 0.25) is 11.7 Å². The summed E-state index contributed by atoms with van der Waals surface area (Å²) in [6, 6.07) is 12.7. The molecule has 31 heavy (non-hydrogen) atoms. The van der Waals surface area contributed by atoms with Gasteiger partial charge in [0.1, 0.15) is 11.8 Å². The van der Waals surface area contributed by atoms with Crippen LogP contribution in [0.3, 0.4) is 0 Å². The fourth-order valence-electron chi connectivity index (χ4n) is 3.97. The molecule has 0 fully saturated rings. The zero-order valence-electron chi connectivity index (χ0n) is 17.7. The largest absolute Gasteiger partial charge is 0.507 e. The van der Waals surface area contributed by atoms with Gasteiger partial charge in [-0.25, -0.2) is 0 Å². The van der Waals surface area contributed by atoms with Gasteiger partial charge in [-0.05, 0) is 49.2 Å². The molecule has 1 heterocycles. The number of hydrogen-bond donors (Lipinski definition) is 1. The van der Waals surface area contributed by atoms with E-state index in [0.29, 0.717) is 17.9 Å². The summed E-state index contributed by atoms with van der Waals surface area (Å²) in [7, 11) is 5.49. The number of aromatic hydroxyl groups is 1. The normalized spacial score (nSPS) is 15.0. The zero-order valence-corrected chi connectivity index (χ0v) is 17.7. The van der Waals surface area contributed by atoms with Crippen molar-refractivity contribution >= 4 is 5.91 Å². The SMILES string of the molecule is CN(C)C(=O)CN(C)C1CCc2c(-c3noc(-c4ccc(O)c(C#N)c4)n3)cccc21. The number of amides is 1. The molecule has 158 valence electrons. The molecule has 0 bridgehead atoms. The molecule has 0 spiro atoms. The lowest BCUT2D eigenvalue weighted by Gasteiger charge is -2.26. The lowest BCUT2D eigenvalue weighted by atomic mass is 10.0. The van der Waals surface area contributed by atoms with Gasteiger partial charge in [-0.1, -0.05) is 23.4 Å². The van der Waals surface area contributed by atoms with Gasteiger partial charge in [0.05, 0.1) is 12.1 Å². The Kier molecular flexibility index (Phi) is 5.44. The Labute approximate surface area is 180 Å². The van der Waals surface area contributed by atoms with Crippen LogP contribution < -0.4 is 0 Å². The van der Waals surface area contributed by atoms with Crippen molar-refractivity contribution in [3.8, 4) is 34.7 Å². The number of phenols is 1. The van der Waals surface area contributed by atoms with Gasteiger partial charge in [0.25, 0.3) is 5.89 Å². The zero-order chi connectivity index (χ0) is 22.1. The number of nitriles is 1. The van der Waals surface area contributed by atoms with Crippen molar-refractivity contribution in [1.82, 2.24) is 19.9 Å². The van der Waals surface area contributed by atoms with Crippen molar-refractivity contribution in [2.75, 3.05) is 27.7 Å². The Morgan fingerprint density at radius 3 is 2.84 bits per heavy atom. The Hall–Kier alpha value is -3.70. The van der Waals surface area contributed by atoms with Gasteiger partial charge in [-0.15, -0.1) is 0 Å². The second kappa shape index (κ2) is 8.20. The first-order chi connectivity index (χ1) is 14.9. The van der Waals surface area contributed by atoms with Crippen LogP contribution in [0.5, 0.6) is 5.75 Å². The maximum Gasteiger partial charge on any atom is 0.258 e. The average Bonchev–Trinajstić information content (AvgIpc) is 3.41. The lowest BCUT2D eigenvalue weighted by molar-refractivity contribution is -0.130. The van der Waals surface area contributed by atoms with E-state index in [1.807, 2.05) is 25.2 Å². The van der Waals surface area contributed by atoms with E-state index in [4.69, 9.17) is 9.78 Å². The Bertz CT molecular complexity index is 1180. The third kappa shape index (κ3) is 3.88. The van der Waals surface area contributed by atoms with E-state index < -0.39 is 0 Å². The van der Waals surface area contributed by atoms with E-state index in [1.54, 1.807) is 25.1 Å². The maximum atomic E-state index is 12.1. The number of rotatable bonds is 5. The number of carbonyl (C=O) groups is 1. The van der Waals surface area contributed by atoms with E-state index in [1.165, 1.54) is 17.7 Å². The summed E-state index contributed by atoms with van der Waals surface area (Å²) in [5, 5.41) is 23.0. The quantitative estimate of drug-likeness (QED) is 0.680. The van der Waals surface area contributed by atoms with Crippen molar-refractivity contribution in [2.24, 2.45) is 0 Å². The highest BCUT2D eigenvalue weighted by Crippen LogP contribution is 2.40. The minimum Gasteiger partial charge on any atom is -0.507 e. The minimum atomic E-state index is -0.0882. The minimum absolute atomic E-state index is 0.0700. The van der Waals surface area contributed by atoms with E-state index in [2.05, 4.69) is 21.1 Å². The highest BCUT2D eigenvalue weighted by Gasteiger charge is 2.30. The van der Waals surface area contributed by atoms with Crippen LogP contribution in [0.15, 0.2) is 40.9 Å². The summed E-state index contributed by atoms with van der Waals surface area (Å²) in [5.41, 5.74) is 3.96. The Morgan fingerprint density at radius 1 is 1.29 bits per heavy atom. The van der Waals surface area contributed by atoms with E-state index >= 15 is 0 Å². The molecule has 1 aromatic heterocycles. The van der Waals surface area contributed by atoms with Gasteiger partial charge >= 0.3 is 0 Å². The average molecular weight is 417 g/mol. The van der Waals surface area contributed by atoms with Crippen LogP contribution in [0.25, 0.3) is 22.8 Å². The molecular weight excluding hydrogens is 394 g/mol. The molecule has 2 aromatic carbocycles. The van der Waals surface area contributed by atoms with Crippen LogP contribution in [-0.2, 0) is 11.2 Å². The molecule has 1 amide bonds. The summed E-state index contributed by atoms with van der Waals surface area (Å²) in [6.07, 6.45) is 1.77. The van der Waals surface area contributed by atoms with Crippen LogP contribution in [0.2, 0.25) is 0 Å². The number of aromatic nitrogens is 2. The van der Waals surface area contributed by atoms with E-state index in [9.17, 15) is 9.90 Å². The molecule has 1 unspecified atom stereocenters. The van der Waals surface area contributed by atoms with E-state index in [-0.39, 0.29) is 29.2 Å². The second-order valence-electron chi connectivity index (χ2n) is 7.90. The van der Waals surface area contributed by atoms with Crippen LogP contribution in [-0.4, -0.2) is 58.6 Å². The van der Waals surface area contributed by atoms with Crippen molar-refractivity contribution in [3.63, 3.8) is 0 Å². The molecule has 0 saturated carbocycles. The molecule has 0 aliphatic heterocycles. The molecule has 1 atom stereocenters. The second-order valence-corrected chi connectivity index (χ2v) is 7.90. The molecular formula is C23H23N5O3. The first-order valence-electron chi connectivity index (χ1n) is 9.98. The lowest BCUT2D eigenvalue weighted by Crippen LogP contribution is -2.35. The highest BCUT2D eigenvalue weighted by atomic mass is 16.5. The Balaban J connectivity index is 1.63. The number of hydrogen-bond acceptors (Lipinski definition) is 7. The number of nitrogens with zero attached hydrogens (tertiary/aromatic N) is 5. The number of phenolic OH excluding ortho intramolecular Hbond substituents is 1. The third-order valence-corrected chi connectivity index (χ3v) is 5.69. The molecule has 4 rings (SSSR count). The number of fused-ring (bicyclic) bond motifs is 1. The predicted octanol–water partition coefficient (Wildman–Crippen LogP) is 2.99. The summed E-state index contributed by atoms with van der Waals surface area (Å²) in [6.45, 7) is 0.357. The number of carbonyl (C=O) groups excluding carboxylic acids is 1. The molecule has 8 nitrogen and oxygen atoms in total. The van der Waals surface area contributed by atoms with Crippen molar-refractivity contribution in [1.29, 1.82) is 5.26 Å². The van der Waals surface area contributed by atoms with Gasteiger partial charge < -0.3 is 14.5 Å². The molecule has 0 saturated heterocycles. The predicted molar refractivity (Wildman–Crippen MR) is 114 cm³/mol. The molecule has 3 aromatic rings. The molecule has 8 heteroatoms. The molecule has 0 radical (unpaired) electrons. The van der Waals surface area contributed by atoms with Crippen molar-refractivity contribution in [2.45, 2.75) is 18.9 Å². The van der Waals surface area contributed by atoms with Gasteiger partial charge in [0, 0.05) is 31.3 Å². The Morgan fingerprint density at radius 2 is 2.10 bits per heavy atom. The van der Waals surface area contributed by atoms with Crippen LogP contribution >= 0.6 is 0 Å². The smallest absolute Gasteiger partial charge is 0.258 e. The third-order valence-electron chi connectivity index (χ3n) is 5.69. The van der Waals surface area contributed by atoms with Crippen molar-refractivity contribution in [3.05, 3.63) is 53.1 Å². The highest BCUT2D eigenvalue weighted by molar-refractivity contribution is 5.77. The van der Waals surface area contributed by atoms with Gasteiger partial charge in [-0.3, -0.25) is 9.69 Å². The first-order valence-corrected chi connectivity index (χ1v) is 9.98. The van der Waals surface area contributed by atoms with Crippen LogP contribution in [0, 0.1) is 11.3 Å². The molecule has 1 aliphatic rings. The summed E-state index contributed by atoms with van der Waals surface area (Å²) < 4.78 is 5.44. The van der Waals surface area contributed by atoms with E-state index in [0.717, 1.165) is 24.0 Å². The fraction of sp³-hybridized carbons (Fsp3) is 0.304. The monoisotopic (exact) mass is 417 g/mol. The summed E-state index contributed by atoms with van der Waals surface area (Å²) in [5.74, 6) is 0.744. The van der Waals surface area contributed by atoms with Crippen molar-refractivity contribution < 1.29 is 14.4 Å². The molecule has 1 aliphatic carbocycles. The number of benzene rings is 2.